The van der Waals surface area contributed by atoms with Crippen molar-refractivity contribution >= 4 is 14.8 Å². The van der Waals surface area contributed by atoms with E-state index in [2.05, 4.69) is 6.58 Å². The van der Waals surface area contributed by atoms with Crippen molar-refractivity contribution < 1.29 is 37.4 Å². The quantitative estimate of drug-likeness (QED) is 0.196. The van der Waals surface area contributed by atoms with Crippen molar-refractivity contribution in [1.82, 2.24) is 0 Å². The third-order valence-electron chi connectivity index (χ3n) is 2.96. The molecule has 9 heteroatoms. The molecule has 0 amide bonds. The first kappa shape index (κ1) is 22.2. The van der Waals surface area contributed by atoms with Crippen LogP contribution in [-0.4, -0.2) is 80.3 Å². The lowest BCUT2D eigenvalue weighted by Gasteiger charge is -2.24. The van der Waals surface area contributed by atoms with E-state index in [4.69, 9.17) is 27.5 Å². The highest BCUT2D eigenvalue weighted by atomic mass is 28.4. The summed E-state index contributed by atoms with van der Waals surface area (Å²) in [5, 5.41) is 9.66. The normalized spacial score (nSPS) is 12.9. The van der Waals surface area contributed by atoms with Gasteiger partial charge in [-0.15, -0.1) is 0 Å². The Hall–Kier alpha value is -0.813. The number of rotatable bonds is 15. The molecule has 136 valence electrons. The van der Waals surface area contributed by atoms with Gasteiger partial charge in [0.15, 0.2) is 0 Å². The van der Waals surface area contributed by atoms with Gasteiger partial charge in [-0.05, 0) is 6.42 Å². The number of carbonyl (C=O) groups is 1. The minimum absolute atomic E-state index is 0.110. The molecule has 23 heavy (non-hydrogen) atoms. The van der Waals surface area contributed by atoms with Gasteiger partial charge in [-0.1, -0.05) is 6.58 Å². The highest BCUT2D eigenvalue weighted by Gasteiger charge is 2.36. The van der Waals surface area contributed by atoms with Gasteiger partial charge in [0.05, 0.1) is 19.8 Å². The number of carbonyl (C=O) groups excluding carboxylic acids is 1. The molecule has 1 unspecified atom stereocenters. The SMILES string of the molecule is C=CC(=O)OCCOCC(O)COCCC[Si](OC)(OC)OC. The van der Waals surface area contributed by atoms with Crippen molar-refractivity contribution in [3.05, 3.63) is 12.7 Å². The van der Waals surface area contributed by atoms with E-state index < -0.39 is 20.9 Å². The average molecular weight is 352 g/mol. The van der Waals surface area contributed by atoms with Crippen LogP contribution >= 0.6 is 0 Å². The van der Waals surface area contributed by atoms with E-state index in [9.17, 15) is 9.90 Å². The summed E-state index contributed by atoms with van der Waals surface area (Å²) in [4.78, 5) is 10.8. The Labute approximate surface area is 138 Å². The number of aliphatic hydroxyl groups is 1. The largest absolute Gasteiger partial charge is 0.500 e. The topological polar surface area (TPSA) is 92.7 Å². The molecule has 0 saturated carbocycles. The monoisotopic (exact) mass is 352 g/mol. The van der Waals surface area contributed by atoms with Gasteiger partial charge in [0.1, 0.15) is 12.7 Å². The molecule has 1 atom stereocenters. The second-order valence-electron chi connectivity index (χ2n) is 4.57. The first-order chi connectivity index (χ1) is 11.0. The van der Waals surface area contributed by atoms with Crippen LogP contribution in [0.2, 0.25) is 6.04 Å². The molecule has 0 spiro atoms. The van der Waals surface area contributed by atoms with Crippen LogP contribution in [0.3, 0.4) is 0 Å². The van der Waals surface area contributed by atoms with Crippen molar-refractivity contribution in [3.63, 3.8) is 0 Å². The molecule has 0 heterocycles. The van der Waals surface area contributed by atoms with Crippen LogP contribution in [0, 0.1) is 0 Å². The molecule has 0 aliphatic heterocycles. The molecule has 0 bridgehead atoms. The lowest BCUT2D eigenvalue weighted by atomic mass is 10.4. The van der Waals surface area contributed by atoms with Gasteiger partial charge < -0.3 is 32.6 Å². The maximum absolute atomic E-state index is 10.8. The summed E-state index contributed by atoms with van der Waals surface area (Å²) in [6, 6.07) is 0.637. The molecule has 1 N–H and O–H groups in total. The fourth-order valence-electron chi connectivity index (χ4n) is 1.69. The Morgan fingerprint density at radius 2 is 1.65 bits per heavy atom. The zero-order chi connectivity index (χ0) is 17.6. The lowest BCUT2D eigenvalue weighted by Crippen LogP contribution is -2.42. The highest BCUT2D eigenvalue weighted by molar-refractivity contribution is 6.60. The summed E-state index contributed by atoms with van der Waals surface area (Å²) in [7, 11) is 2.14. The summed E-state index contributed by atoms with van der Waals surface area (Å²) in [5.74, 6) is -0.500. The van der Waals surface area contributed by atoms with E-state index in [1.54, 1.807) is 21.3 Å². The molecular weight excluding hydrogens is 324 g/mol. The zero-order valence-electron chi connectivity index (χ0n) is 14.1. The summed E-state index contributed by atoms with van der Waals surface area (Å²) in [6.07, 6.45) is 1.04. The maximum Gasteiger partial charge on any atom is 0.500 e. The predicted octanol–water partition coefficient (Wildman–Crippen LogP) is 0.378. The van der Waals surface area contributed by atoms with Gasteiger partial charge in [0, 0.05) is 40.1 Å². The fraction of sp³-hybridized carbons (Fsp3) is 0.786. The Morgan fingerprint density at radius 3 is 2.17 bits per heavy atom. The second kappa shape index (κ2) is 13.6. The standard InChI is InChI=1S/C14H28O8Si/c1-5-14(16)22-9-8-21-12-13(15)11-20-7-6-10-23(17-2,18-3)19-4/h5,13,15H,1,6-12H2,2-4H3. The van der Waals surface area contributed by atoms with E-state index in [1.807, 2.05) is 0 Å². The smallest absolute Gasteiger partial charge is 0.460 e. The third kappa shape index (κ3) is 10.6. The van der Waals surface area contributed by atoms with Crippen LogP contribution in [-0.2, 0) is 32.3 Å². The van der Waals surface area contributed by atoms with Gasteiger partial charge in [0.25, 0.3) is 0 Å². The molecule has 8 nitrogen and oxygen atoms in total. The minimum atomic E-state index is -2.55. The van der Waals surface area contributed by atoms with Crippen LogP contribution < -0.4 is 0 Å². The molecule has 0 fully saturated rings. The number of hydrogen-bond donors (Lipinski definition) is 1. The van der Waals surface area contributed by atoms with Crippen LogP contribution in [0.4, 0.5) is 0 Å². The maximum atomic E-state index is 10.8. The Kier molecular flexibility index (Phi) is 13.1. The van der Waals surface area contributed by atoms with Crippen LogP contribution in [0.1, 0.15) is 6.42 Å². The zero-order valence-corrected chi connectivity index (χ0v) is 15.1. The number of hydrogen-bond acceptors (Lipinski definition) is 8. The minimum Gasteiger partial charge on any atom is -0.460 e. The predicted molar refractivity (Wildman–Crippen MR) is 85.0 cm³/mol. The van der Waals surface area contributed by atoms with Crippen molar-refractivity contribution in [2.75, 3.05) is 54.4 Å². The molecule has 0 saturated heterocycles. The van der Waals surface area contributed by atoms with E-state index >= 15 is 0 Å². The van der Waals surface area contributed by atoms with Crippen LogP contribution in [0.25, 0.3) is 0 Å². The number of esters is 1. The molecule has 0 aliphatic carbocycles. The van der Waals surface area contributed by atoms with Crippen LogP contribution in [0.15, 0.2) is 12.7 Å². The summed E-state index contributed by atoms with van der Waals surface area (Å²) in [6.45, 7) is 4.33. The molecule has 0 rings (SSSR count). The van der Waals surface area contributed by atoms with Crippen molar-refractivity contribution in [3.8, 4) is 0 Å². The number of ether oxygens (including phenoxy) is 3. The molecule has 0 aromatic rings. The number of aliphatic hydroxyl groups excluding tert-OH is 1. The molecule has 0 aromatic heterocycles. The second-order valence-corrected chi connectivity index (χ2v) is 7.66. The molecular formula is C14H28O8Si. The summed E-state index contributed by atoms with van der Waals surface area (Å²) >= 11 is 0. The van der Waals surface area contributed by atoms with Crippen LogP contribution in [0.5, 0.6) is 0 Å². The van der Waals surface area contributed by atoms with Gasteiger partial charge in [-0.25, -0.2) is 4.79 Å². The van der Waals surface area contributed by atoms with Crippen molar-refractivity contribution in [2.24, 2.45) is 0 Å². The summed E-state index contributed by atoms with van der Waals surface area (Å²) < 4.78 is 31.1. The first-order valence-corrected chi connectivity index (χ1v) is 9.25. The third-order valence-corrected chi connectivity index (χ3v) is 5.80. The van der Waals surface area contributed by atoms with Crippen molar-refractivity contribution in [2.45, 2.75) is 18.6 Å². The van der Waals surface area contributed by atoms with E-state index in [0.717, 1.165) is 6.08 Å². The Bertz CT molecular complexity index is 314. The van der Waals surface area contributed by atoms with E-state index in [0.29, 0.717) is 19.1 Å². The van der Waals surface area contributed by atoms with Gasteiger partial charge in [0.2, 0.25) is 0 Å². The molecule has 0 aromatic carbocycles. The molecule has 0 radical (unpaired) electrons. The summed E-state index contributed by atoms with van der Waals surface area (Å²) in [5.41, 5.74) is 0. The van der Waals surface area contributed by atoms with Crippen molar-refractivity contribution in [1.29, 1.82) is 0 Å². The lowest BCUT2D eigenvalue weighted by molar-refractivity contribution is -0.139. The van der Waals surface area contributed by atoms with E-state index in [-0.39, 0.29) is 26.4 Å². The Balaban J connectivity index is 3.58. The average Bonchev–Trinajstić information content (AvgIpc) is 2.58. The van der Waals surface area contributed by atoms with Gasteiger partial charge in [-0.3, -0.25) is 0 Å². The fourth-order valence-corrected chi connectivity index (χ4v) is 3.38. The van der Waals surface area contributed by atoms with Gasteiger partial charge in [-0.2, -0.15) is 0 Å². The molecule has 0 aliphatic rings. The highest BCUT2D eigenvalue weighted by Crippen LogP contribution is 2.14. The van der Waals surface area contributed by atoms with E-state index in [1.165, 1.54) is 0 Å². The first-order valence-electron chi connectivity index (χ1n) is 7.31. The Morgan fingerprint density at radius 1 is 1.09 bits per heavy atom. The van der Waals surface area contributed by atoms with Gasteiger partial charge >= 0.3 is 14.8 Å².